The topological polar surface area (TPSA) is 81.1 Å². The molecule has 1 saturated heterocycles. The minimum absolute atomic E-state index is 0.0140. The van der Waals surface area contributed by atoms with Crippen LogP contribution in [0.25, 0.3) is 0 Å². The summed E-state index contributed by atoms with van der Waals surface area (Å²) in [5.41, 5.74) is -1.42. The van der Waals surface area contributed by atoms with Crippen LogP contribution in [0.5, 0.6) is 0 Å². The molecule has 158 valence electrons. The molecule has 0 saturated carbocycles. The lowest BCUT2D eigenvalue weighted by Crippen LogP contribution is -2.49. The molecule has 2 aromatic carbocycles. The number of fused-ring (bicyclic) bond motifs is 1. The number of piperidine rings is 1. The van der Waals surface area contributed by atoms with Gasteiger partial charge in [-0.3, -0.25) is 4.79 Å². The molecule has 1 fully saturated rings. The highest BCUT2D eigenvalue weighted by Gasteiger charge is 2.54. The van der Waals surface area contributed by atoms with E-state index in [9.17, 15) is 19.8 Å². The van der Waals surface area contributed by atoms with Crippen LogP contribution >= 0.6 is 23.2 Å². The monoisotopic (exact) mass is 448 g/mol. The van der Waals surface area contributed by atoms with Crippen LogP contribution in [0.2, 0.25) is 10.0 Å². The van der Waals surface area contributed by atoms with E-state index in [0.29, 0.717) is 12.2 Å². The van der Waals surface area contributed by atoms with Crippen molar-refractivity contribution >= 4 is 40.8 Å². The van der Waals surface area contributed by atoms with Gasteiger partial charge in [-0.05, 0) is 44.6 Å². The van der Waals surface area contributed by atoms with Gasteiger partial charge in [0, 0.05) is 28.7 Å². The first-order valence-electron chi connectivity index (χ1n) is 9.82. The largest absolute Gasteiger partial charge is 0.478 e. The second-order valence-corrected chi connectivity index (χ2v) is 8.71. The average Bonchev–Trinajstić information content (AvgIpc) is 2.92. The molecule has 30 heavy (non-hydrogen) atoms. The predicted molar refractivity (Wildman–Crippen MR) is 115 cm³/mol. The number of halogens is 2. The summed E-state index contributed by atoms with van der Waals surface area (Å²) in [5, 5.41) is 21.5. The lowest BCUT2D eigenvalue weighted by Gasteiger charge is -2.35. The molecular weight excluding hydrogens is 427 g/mol. The molecule has 0 radical (unpaired) electrons. The molecule has 0 spiro atoms. The predicted octanol–water partition coefficient (Wildman–Crippen LogP) is 3.76. The molecule has 2 unspecified atom stereocenters. The van der Waals surface area contributed by atoms with Crippen molar-refractivity contribution in [3.05, 3.63) is 63.1 Å². The molecule has 4 rings (SSSR count). The second kappa shape index (κ2) is 7.85. The van der Waals surface area contributed by atoms with E-state index in [2.05, 4.69) is 4.90 Å². The number of carboxylic acid groups (broad SMARTS) is 1. The summed E-state index contributed by atoms with van der Waals surface area (Å²) in [6, 6.07) is 9.33. The number of amides is 1. The van der Waals surface area contributed by atoms with Crippen molar-refractivity contribution in [2.45, 2.75) is 30.9 Å². The summed E-state index contributed by atoms with van der Waals surface area (Å²) in [4.78, 5) is 28.9. The fraction of sp³-hybridized carbons (Fsp3) is 0.364. The highest BCUT2D eigenvalue weighted by atomic mass is 35.5. The highest BCUT2D eigenvalue weighted by Crippen LogP contribution is 2.50. The van der Waals surface area contributed by atoms with Gasteiger partial charge in [0.05, 0.1) is 16.3 Å². The normalized spacial score (nSPS) is 24.2. The summed E-state index contributed by atoms with van der Waals surface area (Å²) >= 11 is 12.8. The zero-order chi connectivity index (χ0) is 21.6. The molecule has 2 aliphatic rings. The first kappa shape index (κ1) is 21.1. The molecule has 2 heterocycles. The number of carboxylic acids is 1. The number of carbonyl (C=O) groups is 2. The third-order valence-corrected chi connectivity index (χ3v) is 6.73. The van der Waals surface area contributed by atoms with E-state index in [1.165, 1.54) is 17.0 Å². The van der Waals surface area contributed by atoms with E-state index in [4.69, 9.17) is 23.2 Å². The summed E-state index contributed by atoms with van der Waals surface area (Å²) in [6.07, 6.45) is 3.05. The number of hydrogen-bond acceptors (Lipinski definition) is 4. The number of carbonyl (C=O) groups excluding carboxylic acids is 1. The average molecular weight is 449 g/mol. The number of likely N-dealkylation sites (tertiary alicyclic amines) is 1. The van der Waals surface area contributed by atoms with Gasteiger partial charge in [-0.1, -0.05) is 47.8 Å². The maximum absolute atomic E-state index is 13.6. The van der Waals surface area contributed by atoms with E-state index < -0.39 is 17.5 Å². The van der Waals surface area contributed by atoms with Crippen LogP contribution in [0, 0.1) is 0 Å². The molecule has 2 aliphatic heterocycles. The number of benzene rings is 2. The van der Waals surface area contributed by atoms with Crippen LogP contribution in [-0.4, -0.2) is 53.2 Å². The number of anilines is 1. The van der Waals surface area contributed by atoms with E-state index in [0.717, 1.165) is 25.8 Å². The van der Waals surface area contributed by atoms with Gasteiger partial charge in [0.15, 0.2) is 5.60 Å². The molecule has 2 N–H and O–H groups in total. The number of likely N-dealkylation sites (N-methyl/N-ethyl adjacent to an activating group) is 1. The minimum atomic E-state index is -2.09. The van der Waals surface area contributed by atoms with Crippen molar-refractivity contribution in [2.24, 2.45) is 0 Å². The van der Waals surface area contributed by atoms with Crippen LogP contribution in [0.3, 0.4) is 0 Å². The lowest BCUT2D eigenvalue weighted by atomic mass is 9.87. The van der Waals surface area contributed by atoms with Gasteiger partial charge in [0.2, 0.25) is 0 Å². The van der Waals surface area contributed by atoms with Gasteiger partial charge in [0.25, 0.3) is 5.91 Å². The summed E-state index contributed by atoms with van der Waals surface area (Å²) in [5.74, 6) is -1.73. The Balaban J connectivity index is 1.89. The number of hydrogen-bond donors (Lipinski definition) is 2. The third kappa shape index (κ3) is 3.28. The molecule has 0 aliphatic carbocycles. The Morgan fingerprint density at radius 1 is 1.20 bits per heavy atom. The van der Waals surface area contributed by atoms with Gasteiger partial charge < -0.3 is 20.0 Å². The smallest absolute Gasteiger partial charge is 0.335 e. The number of aromatic carboxylic acids is 1. The molecule has 0 bridgehead atoms. The van der Waals surface area contributed by atoms with E-state index in [1.54, 1.807) is 24.3 Å². The van der Waals surface area contributed by atoms with E-state index in [-0.39, 0.29) is 32.8 Å². The SMILES string of the molecule is CN1CCCCC1CN1C(=O)C(O)(c2ccccc2Cl)c2c(Cl)cc(C(=O)O)cc21. The standard InChI is InChI=1S/C22H22Cl2N2O4/c1-25-9-5-4-6-14(25)12-26-18-11-13(20(27)28)10-17(24)19(18)22(30,21(26)29)15-7-2-3-8-16(15)23/h2-3,7-8,10-11,14,30H,4-6,9,12H2,1H3,(H,27,28). The fourth-order valence-corrected chi connectivity index (χ4v) is 5.09. The van der Waals surface area contributed by atoms with Crippen LogP contribution in [0.4, 0.5) is 5.69 Å². The van der Waals surface area contributed by atoms with Crippen LogP contribution in [-0.2, 0) is 10.4 Å². The van der Waals surface area contributed by atoms with Crippen molar-refractivity contribution in [1.82, 2.24) is 4.90 Å². The van der Waals surface area contributed by atoms with E-state index >= 15 is 0 Å². The zero-order valence-corrected chi connectivity index (χ0v) is 18.0. The van der Waals surface area contributed by atoms with Crippen LogP contribution in [0.15, 0.2) is 36.4 Å². The molecule has 2 aromatic rings. The minimum Gasteiger partial charge on any atom is -0.478 e. The Morgan fingerprint density at radius 2 is 1.93 bits per heavy atom. The Kier molecular flexibility index (Phi) is 5.53. The molecule has 2 atom stereocenters. The number of nitrogens with zero attached hydrogens (tertiary/aromatic N) is 2. The molecule has 6 nitrogen and oxygen atoms in total. The Hall–Kier alpha value is -2.12. The van der Waals surface area contributed by atoms with Crippen LogP contribution < -0.4 is 4.90 Å². The molecular formula is C22H22Cl2N2O4. The maximum atomic E-state index is 13.6. The van der Waals surface area contributed by atoms with Gasteiger partial charge in [-0.25, -0.2) is 4.79 Å². The fourth-order valence-electron chi connectivity index (χ4n) is 4.47. The third-order valence-electron chi connectivity index (χ3n) is 6.10. The van der Waals surface area contributed by atoms with Crippen molar-refractivity contribution in [3.8, 4) is 0 Å². The lowest BCUT2D eigenvalue weighted by molar-refractivity contribution is -0.132. The molecule has 8 heteroatoms. The number of aliphatic hydroxyl groups is 1. The Morgan fingerprint density at radius 3 is 2.60 bits per heavy atom. The Bertz CT molecular complexity index is 1030. The first-order valence-corrected chi connectivity index (χ1v) is 10.6. The van der Waals surface area contributed by atoms with Crippen LogP contribution in [0.1, 0.15) is 40.7 Å². The quantitative estimate of drug-likeness (QED) is 0.743. The van der Waals surface area contributed by atoms with Crippen molar-refractivity contribution in [1.29, 1.82) is 0 Å². The van der Waals surface area contributed by atoms with Crippen molar-refractivity contribution < 1.29 is 19.8 Å². The zero-order valence-electron chi connectivity index (χ0n) is 16.4. The van der Waals surface area contributed by atoms with Gasteiger partial charge in [-0.2, -0.15) is 0 Å². The summed E-state index contributed by atoms with van der Waals surface area (Å²) in [7, 11) is 2.01. The van der Waals surface area contributed by atoms with Gasteiger partial charge in [0.1, 0.15) is 0 Å². The second-order valence-electron chi connectivity index (χ2n) is 7.89. The maximum Gasteiger partial charge on any atom is 0.335 e. The van der Waals surface area contributed by atoms with Gasteiger partial charge in [-0.15, -0.1) is 0 Å². The molecule has 1 amide bonds. The molecule has 0 aromatic heterocycles. The van der Waals surface area contributed by atoms with E-state index in [1.807, 2.05) is 7.05 Å². The Labute approximate surface area is 184 Å². The number of rotatable bonds is 4. The first-order chi connectivity index (χ1) is 14.2. The highest BCUT2D eigenvalue weighted by molar-refractivity contribution is 6.35. The summed E-state index contributed by atoms with van der Waals surface area (Å²) < 4.78 is 0. The van der Waals surface area contributed by atoms with Crippen molar-refractivity contribution in [2.75, 3.05) is 25.0 Å². The summed E-state index contributed by atoms with van der Waals surface area (Å²) in [6.45, 7) is 1.25. The van der Waals surface area contributed by atoms with Gasteiger partial charge >= 0.3 is 5.97 Å². The van der Waals surface area contributed by atoms with Crippen molar-refractivity contribution in [3.63, 3.8) is 0 Å².